The van der Waals surface area contributed by atoms with Gasteiger partial charge in [0.1, 0.15) is 18.1 Å². The fraction of sp³-hybridized carbons (Fsp3) is 0.158. The van der Waals surface area contributed by atoms with Crippen molar-refractivity contribution < 1.29 is 14.6 Å². The molecule has 0 bridgehead atoms. The zero-order valence-corrected chi connectivity index (χ0v) is 14.6. The normalized spacial score (nSPS) is 16.0. The first-order chi connectivity index (χ1) is 12.1. The van der Waals surface area contributed by atoms with Crippen LogP contribution in [0.15, 0.2) is 60.3 Å². The molecule has 1 aliphatic heterocycles. The number of hydrogen-bond acceptors (Lipinski definition) is 4. The van der Waals surface area contributed by atoms with Crippen LogP contribution in [0.3, 0.4) is 0 Å². The summed E-state index contributed by atoms with van der Waals surface area (Å²) in [7, 11) is 1.78. The maximum absolute atomic E-state index is 12.9. The molecule has 1 heterocycles. The molecule has 2 aromatic carbocycles. The Hall–Kier alpha value is -2.70. The number of para-hydroxylation sites is 1. The highest BCUT2D eigenvalue weighted by Gasteiger charge is 2.36. The van der Waals surface area contributed by atoms with Crippen molar-refractivity contribution in [2.24, 2.45) is 0 Å². The van der Waals surface area contributed by atoms with Crippen LogP contribution in [0.5, 0.6) is 5.75 Å². The summed E-state index contributed by atoms with van der Waals surface area (Å²) >= 11 is 5.44. The van der Waals surface area contributed by atoms with Crippen molar-refractivity contribution in [3.63, 3.8) is 0 Å². The van der Waals surface area contributed by atoms with Crippen LogP contribution >= 0.6 is 12.2 Å². The molecule has 0 aliphatic carbocycles. The lowest BCUT2D eigenvalue weighted by atomic mass is 10.1. The largest absolute Gasteiger partial charge is 0.491 e. The van der Waals surface area contributed by atoms with Crippen LogP contribution in [0.4, 0.5) is 5.69 Å². The van der Waals surface area contributed by atoms with E-state index in [1.165, 1.54) is 4.90 Å². The Morgan fingerprint density at radius 1 is 1.16 bits per heavy atom. The molecule has 0 atom stereocenters. The number of aliphatic hydroxyl groups is 1. The molecule has 128 valence electrons. The molecule has 25 heavy (non-hydrogen) atoms. The third-order valence-corrected chi connectivity index (χ3v) is 4.25. The molecule has 1 N–H and O–H groups in total. The van der Waals surface area contributed by atoms with Crippen molar-refractivity contribution in [3.8, 4) is 5.75 Å². The molecule has 1 fully saturated rings. The molecular formula is C19H18N2O3S. The minimum absolute atomic E-state index is 0.0488. The number of thiocarbonyl (C=S) groups is 1. The Kier molecular flexibility index (Phi) is 5.11. The van der Waals surface area contributed by atoms with Gasteiger partial charge in [0.15, 0.2) is 5.11 Å². The van der Waals surface area contributed by atoms with Gasteiger partial charge in [-0.3, -0.25) is 9.69 Å². The zero-order valence-electron chi connectivity index (χ0n) is 13.8. The van der Waals surface area contributed by atoms with E-state index >= 15 is 0 Å². The Bertz CT molecular complexity index is 820. The molecule has 5 nitrogen and oxygen atoms in total. The van der Waals surface area contributed by atoms with Crippen LogP contribution in [-0.2, 0) is 4.79 Å². The Labute approximate surface area is 151 Å². The second-order valence-corrected chi connectivity index (χ2v) is 5.86. The molecule has 1 aliphatic rings. The van der Waals surface area contributed by atoms with Crippen molar-refractivity contribution in [2.75, 3.05) is 25.2 Å². The number of benzene rings is 2. The van der Waals surface area contributed by atoms with E-state index in [2.05, 4.69) is 0 Å². The third-order valence-electron chi connectivity index (χ3n) is 3.80. The first kappa shape index (κ1) is 17.1. The number of aliphatic hydroxyl groups excluding tert-OH is 1. The second-order valence-electron chi connectivity index (χ2n) is 5.49. The zero-order chi connectivity index (χ0) is 17.8. The summed E-state index contributed by atoms with van der Waals surface area (Å²) < 4.78 is 5.41. The Morgan fingerprint density at radius 2 is 1.92 bits per heavy atom. The summed E-state index contributed by atoms with van der Waals surface area (Å²) in [5, 5.41) is 9.29. The van der Waals surface area contributed by atoms with Gasteiger partial charge in [-0.25, -0.2) is 0 Å². The van der Waals surface area contributed by atoms with E-state index in [1.54, 1.807) is 24.1 Å². The van der Waals surface area contributed by atoms with E-state index in [-0.39, 0.29) is 19.1 Å². The molecular weight excluding hydrogens is 336 g/mol. The number of likely N-dealkylation sites (N-methyl/N-ethyl adjacent to an activating group) is 1. The van der Waals surface area contributed by atoms with Gasteiger partial charge in [-0.05, 0) is 48.1 Å². The van der Waals surface area contributed by atoms with Crippen molar-refractivity contribution in [3.05, 3.63) is 65.9 Å². The predicted molar refractivity (Wildman–Crippen MR) is 101 cm³/mol. The van der Waals surface area contributed by atoms with E-state index in [0.29, 0.717) is 16.6 Å². The average molecular weight is 354 g/mol. The maximum atomic E-state index is 12.9. The molecule has 1 saturated heterocycles. The van der Waals surface area contributed by atoms with E-state index in [0.717, 1.165) is 11.3 Å². The number of carbonyl (C=O) groups excluding carboxylic acids is 1. The Balaban J connectivity index is 1.91. The molecule has 1 amide bonds. The summed E-state index contributed by atoms with van der Waals surface area (Å²) in [4.78, 5) is 16.1. The van der Waals surface area contributed by atoms with E-state index in [4.69, 9.17) is 22.1 Å². The lowest BCUT2D eigenvalue weighted by Crippen LogP contribution is -2.30. The number of ether oxygens (including phenoxy) is 1. The molecule has 6 heteroatoms. The van der Waals surface area contributed by atoms with Crippen molar-refractivity contribution >= 4 is 35.0 Å². The van der Waals surface area contributed by atoms with Gasteiger partial charge < -0.3 is 14.7 Å². The molecule has 2 aromatic rings. The van der Waals surface area contributed by atoms with E-state index in [9.17, 15) is 4.79 Å². The monoisotopic (exact) mass is 354 g/mol. The maximum Gasteiger partial charge on any atom is 0.281 e. The molecule has 0 unspecified atom stereocenters. The van der Waals surface area contributed by atoms with Gasteiger partial charge in [0.05, 0.1) is 12.3 Å². The second kappa shape index (κ2) is 7.46. The third kappa shape index (κ3) is 3.55. The topological polar surface area (TPSA) is 53.0 Å². The van der Waals surface area contributed by atoms with Gasteiger partial charge in [0.2, 0.25) is 0 Å². The van der Waals surface area contributed by atoms with Gasteiger partial charge in [-0.15, -0.1) is 0 Å². The highest BCUT2D eigenvalue weighted by molar-refractivity contribution is 7.80. The number of nitrogens with zero attached hydrogens (tertiary/aromatic N) is 2. The molecule has 0 spiro atoms. The van der Waals surface area contributed by atoms with Gasteiger partial charge in [0, 0.05) is 7.05 Å². The summed E-state index contributed by atoms with van der Waals surface area (Å²) in [6, 6.07) is 16.7. The van der Waals surface area contributed by atoms with Gasteiger partial charge >= 0.3 is 0 Å². The number of rotatable bonds is 5. The summed E-state index contributed by atoms with van der Waals surface area (Å²) in [5.74, 6) is 0.472. The van der Waals surface area contributed by atoms with Gasteiger partial charge in [0.25, 0.3) is 5.91 Å². The number of hydrogen-bond donors (Lipinski definition) is 1. The molecule has 0 saturated carbocycles. The fourth-order valence-corrected chi connectivity index (χ4v) is 2.86. The number of amides is 1. The Morgan fingerprint density at radius 3 is 2.64 bits per heavy atom. The molecule has 0 radical (unpaired) electrons. The van der Waals surface area contributed by atoms with Crippen LogP contribution in [0, 0.1) is 0 Å². The smallest absolute Gasteiger partial charge is 0.281 e. The van der Waals surface area contributed by atoms with E-state index in [1.807, 2.05) is 48.5 Å². The SMILES string of the molecule is CN1C(=S)N(c2ccccc2)C(=O)C1=Cc1cccc(OCCO)c1. The number of carbonyl (C=O) groups is 1. The lowest BCUT2D eigenvalue weighted by Gasteiger charge is -2.16. The van der Waals surface area contributed by atoms with Gasteiger partial charge in [-0.2, -0.15) is 0 Å². The minimum Gasteiger partial charge on any atom is -0.491 e. The predicted octanol–water partition coefficient (Wildman–Crippen LogP) is 2.66. The van der Waals surface area contributed by atoms with Crippen LogP contribution in [0.1, 0.15) is 5.56 Å². The highest BCUT2D eigenvalue weighted by atomic mass is 32.1. The summed E-state index contributed by atoms with van der Waals surface area (Å²) in [5.41, 5.74) is 2.06. The van der Waals surface area contributed by atoms with Crippen LogP contribution in [0.2, 0.25) is 0 Å². The minimum atomic E-state index is -0.166. The summed E-state index contributed by atoms with van der Waals surface area (Å²) in [6.45, 7) is 0.178. The molecule has 3 rings (SSSR count). The van der Waals surface area contributed by atoms with Crippen LogP contribution in [0.25, 0.3) is 6.08 Å². The van der Waals surface area contributed by atoms with Crippen LogP contribution in [-0.4, -0.2) is 41.3 Å². The number of anilines is 1. The van der Waals surface area contributed by atoms with E-state index < -0.39 is 0 Å². The molecule has 0 aromatic heterocycles. The van der Waals surface area contributed by atoms with Crippen molar-refractivity contribution in [1.29, 1.82) is 0 Å². The quantitative estimate of drug-likeness (QED) is 0.661. The average Bonchev–Trinajstić information content (AvgIpc) is 2.84. The summed E-state index contributed by atoms with van der Waals surface area (Å²) in [6.07, 6.45) is 1.78. The lowest BCUT2D eigenvalue weighted by molar-refractivity contribution is -0.114. The van der Waals surface area contributed by atoms with Crippen LogP contribution < -0.4 is 9.64 Å². The standard InChI is InChI=1S/C19H18N2O3S/c1-20-17(13-14-6-5-9-16(12-14)24-11-10-22)18(23)21(19(20)25)15-7-3-2-4-8-15/h2-9,12-13,22H,10-11H2,1H3. The van der Waals surface area contributed by atoms with Crippen molar-refractivity contribution in [2.45, 2.75) is 0 Å². The highest BCUT2D eigenvalue weighted by Crippen LogP contribution is 2.28. The first-order valence-corrected chi connectivity index (χ1v) is 8.25. The van der Waals surface area contributed by atoms with Gasteiger partial charge in [-0.1, -0.05) is 30.3 Å². The first-order valence-electron chi connectivity index (χ1n) is 7.84. The van der Waals surface area contributed by atoms with Crippen molar-refractivity contribution in [1.82, 2.24) is 4.90 Å². The fourth-order valence-electron chi connectivity index (χ4n) is 2.58.